The number of hydrogen-bond acceptors (Lipinski definition) is 0. The third kappa shape index (κ3) is 3.39. The minimum absolute atomic E-state index is 0.510. The largest absolute Gasteiger partial charge is 0.0876 e. The molecule has 1 rings (SSSR count). The van der Waals surface area contributed by atoms with Crippen molar-refractivity contribution in [2.24, 2.45) is 0 Å². The van der Waals surface area contributed by atoms with Crippen molar-refractivity contribution in [3.8, 4) is 0 Å². The fraction of sp³-hybridized carbons (Fsp3) is 0.500. The lowest BCUT2D eigenvalue weighted by molar-refractivity contribution is 0.711. The molecule has 0 heterocycles. The first-order valence-corrected chi connectivity index (χ1v) is 7.11. The summed E-state index contributed by atoms with van der Waals surface area (Å²) < 4.78 is 0. The number of alkyl halides is 2. The maximum atomic E-state index is 3.76. The van der Waals surface area contributed by atoms with Crippen LogP contribution in [0.15, 0.2) is 24.3 Å². The van der Waals surface area contributed by atoms with E-state index < -0.39 is 0 Å². The van der Waals surface area contributed by atoms with Crippen molar-refractivity contribution >= 4 is 31.9 Å². The van der Waals surface area contributed by atoms with Crippen LogP contribution in [0.3, 0.4) is 0 Å². The van der Waals surface area contributed by atoms with Gasteiger partial charge in [0.1, 0.15) is 0 Å². The highest BCUT2D eigenvalue weighted by Gasteiger charge is 2.09. The van der Waals surface area contributed by atoms with E-state index in [1.165, 1.54) is 30.4 Å². The molecule has 78 valence electrons. The molecular weight excluding hydrogens is 304 g/mol. The van der Waals surface area contributed by atoms with Crippen molar-refractivity contribution in [3.63, 3.8) is 0 Å². The third-order valence-electron chi connectivity index (χ3n) is 2.35. The summed E-state index contributed by atoms with van der Waals surface area (Å²) in [5.74, 6) is 0. The van der Waals surface area contributed by atoms with Gasteiger partial charge in [-0.05, 0) is 17.5 Å². The second kappa shape index (κ2) is 6.62. The van der Waals surface area contributed by atoms with Gasteiger partial charge >= 0.3 is 0 Å². The minimum Gasteiger partial charge on any atom is -0.0876 e. The normalized spacial score (nSPS) is 12.8. The van der Waals surface area contributed by atoms with Crippen LogP contribution in [0.25, 0.3) is 0 Å². The van der Waals surface area contributed by atoms with Crippen molar-refractivity contribution in [3.05, 3.63) is 35.4 Å². The molecule has 0 bridgehead atoms. The zero-order valence-corrected chi connectivity index (χ0v) is 11.6. The van der Waals surface area contributed by atoms with Gasteiger partial charge in [-0.2, -0.15) is 0 Å². The van der Waals surface area contributed by atoms with Crippen molar-refractivity contribution in [2.45, 2.75) is 36.3 Å². The molecule has 14 heavy (non-hydrogen) atoms. The van der Waals surface area contributed by atoms with Crippen molar-refractivity contribution in [1.29, 1.82) is 0 Å². The first-order valence-electron chi connectivity index (χ1n) is 5.07. The smallest absolute Gasteiger partial charge is 0.0398 e. The van der Waals surface area contributed by atoms with Gasteiger partial charge in [0, 0.05) is 10.2 Å². The van der Waals surface area contributed by atoms with Gasteiger partial charge in [0.25, 0.3) is 0 Å². The Bertz CT molecular complexity index is 271. The molecule has 0 aliphatic heterocycles. The topological polar surface area (TPSA) is 0 Å². The molecule has 2 heteroatoms. The van der Waals surface area contributed by atoms with Crippen LogP contribution in [0.5, 0.6) is 0 Å². The van der Waals surface area contributed by atoms with Crippen LogP contribution in [0.4, 0.5) is 0 Å². The molecule has 0 amide bonds. The lowest BCUT2D eigenvalue weighted by Gasteiger charge is -2.13. The molecule has 0 fully saturated rings. The van der Waals surface area contributed by atoms with Crippen molar-refractivity contribution < 1.29 is 0 Å². The van der Waals surface area contributed by atoms with E-state index in [0.29, 0.717) is 4.83 Å². The fourth-order valence-electron chi connectivity index (χ4n) is 1.50. The Labute approximate surface area is 103 Å². The molecule has 1 aromatic rings. The number of rotatable bonds is 5. The lowest BCUT2D eigenvalue weighted by Crippen LogP contribution is -1.94. The molecule has 0 saturated heterocycles. The predicted octanol–water partition coefficient (Wildman–Crippen LogP) is 5.21. The van der Waals surface area contributed by atoms with Crippen LogP contribution in [0.2, 0.25) is 0 Å². The highest BCUT2D eigenvalue weighted by molar-refractivity contribution is 9.09. The molecule has 0 radical (unpaired) electrons. The Morgan fingerprint density at radius 2 is 2.00 bits per heavy atom. The second-order valence-electron chi connectivity index (χ2n) is 3.44. The lowest BCUT2D eigenvalue weighted by atomic mass is 10.0. The quantitative estimate of drug-likeness (QED) is 0.654. The number of benzene rings is 1. The Balaban J connectivity index is 2.72. The van der Waals surface area contributed by atoms with E-state index in [9.17, 15) is 0 Å². The third-order valence-corrected chi connectivity index (χ3v) is 3.90. The monoisotopic (exact) mass is 318 g/mol. The Hall–Kier alpha value is 0.180. The molecule has 1 aromatic carbocycles. The Kier molecular flexibility index (Phi) is 5.80. The average molecular weight is 320 g/mol. The minimum atomic E-state index is 0.510. The van der Waals surface area contributed by atoms with Crippen LogP contribution in [0.1, 0.15) is 42.1 Å². The van der Waals surface area contributed by atoms with E-state index in [4.69, 9.17) is 0 Å². The van der Waals surface area contributed by atoms with Crippen molar-refractivity contribution in [1.82, 2.24) is 0 Å². The van der Waals surface area contributed by atoms with Crippen LogP contribution >= 0.6 is 31.9 Å². The van der Waals surface area contributed by atoms with Gasteiger partial charge in [-0.3, -0.25) is 0 Å². The summed E-state index contributed by atoms with van der Waals surface area (Å²) in [5, 5.41) is 0.942. The van der Waals surface area contributed by atoms with Crippen LogP contribution in [0, 0.1) is 0 Å². The maximum absolute atomic E-state index is 3.76. The zero-order chi connectivity index (χ0) is 10.4. The molecule has 0 aliphatic carbocycles. The predicted molar refractivity (Wildman–Crippen MR) is 70.3 cm³/mol. The van der Waals surface area contributed by atoms with Crippen LogP contribution < -0.4 is 0 Å². The van der Waals surface area contributed by atoms with Crippen molar-refractivity contribution in [2.75, 3.05) is 0 Å². The fourth-order valence-corrected chi connectivity index (χ4v) is 2.78. The summed E-state index contributed by atoms with van der Waals surface area (Å²) in [6.07, 6.45) is 3.77. The SMILES string of the molecule is CCCCC(Br)c1ccccc1CBr. The van der Waals surface area contributed by atoms with E-state index in [-0.39, 0.29) is 0 Å². The molecule has 0 spiro atoms. The van der Waals surface area contributed by atoms with Gasteiger partial charge in [-0.15, -0.1) is 0 Å². The molecular formula is C12H16Br2. The average Bonchev–Trinajstić information content (AvgIpc) is 2.25. The summed E-state index contributed by atoms with van der Waals surface area (Å²) in [7, 11) is 0. The summed E-state index contributed by atoms with van der Waals surface area (Å²) in [4.78, 5) is 0.510. The molecule has 1 unspecified atom stereocenters. The van der Waals surface area contributed by atoms with E-state index in [0.717, 1.165) is 5.33 Å². The molecule has 0 saturated carbocycles. The van der Waals surface area contributed by atoms with Gasteiger partial charge in [0.15, 0.2) is 0 Å². The Morgan fingerprint density at radius 3 is 2.64 bits per heavy atom. The number of halogens is 2. The highest BCUT2D eigenvalue weighted by atomic mass is 79.9. The van der Waals surface area contributed by atoms with Gasteiger partial charge in [0.2, 0.25) is 0 Å². The summed E-state index contributed by atoms with van der Waals surface area (Å²) in [5.41, 5.74) is 2.82. The summed E-state index contributed by atoms with van der Waals surface area (Å²) >= 11 is 7.28. The summed E-state index contributed by atoms with van der Waals surface area (Å²) in [6, 6.07) is 8.61. The first-order chi connectivity index (χ1) is 6.79. The Morgan fingerprint density at radius 1 is 1.29 bits per heavy atom. The first kappa shape index (κ1) is 12.3. The van der Waals surface area contributed by atoms with Gasteiger partial charge in [-0.1, -0.05) is 75.9 Å². The summed E-state index contributed by atoms with van der Waals surface area (Å²) in [6.45, 7) is 2.23. The molecule has 0 nitrogen and oxygen atoms in total. The molecule has 0 N–H and O–H groups in total. The standard InChI is InChI=1S/C12H16Br2/c1-2-3-8-12(14)11-7-5-4-6-10(11)9-13/h4-7,12H,2-3,8-9H2,1H3. The van der Waals surface area contributed by atoms with E-state index in [1.807, 2.05) is 0 Å². The van der Waals surface area contributed by atoms with Gasteiger partial charge in [0.05, 0.1) is 0 Å². The zero-order valence-electron chi connectivity index (χ0n) is 8.47. The molecule has 0 aliphatic rings. The van der Waals surface area contributed by atoms with E-state index >= 15 is 0 Å². The van der Waals surface area contributed by atoms with E-state index in [2.05, 4.69) is 63.0 Å². The van der Waals surface area contributed by atoms with Crippen LogP contribution in [-0.2, 0) is 5.33 Å². The van der Waals surface area contributed by atoms with Crippen LogP contribution in [-0.4, -0.2) is 0 Å². The number of unbranched alkanes of at least 4 members (excludes halogenated alkanes) is 1. The molecule has 1 atom stereocenters. The van der Waals surface area contributed by atoms with Gasteiger partial charge < -0.3 is 0 Å². The van der Waals surface area contributed by atoms with Gasteiger partial charge in [-0.25, -0.2) is 0 Å². The van der Waals surface area contributed by atoms with E-state index in [1.54, 1.807) is 0 Å². The number of hydrogen-bond donors (Lipinski definition) is 0. The second-order valence-corrected chi connectivity index (χ2v) is 5.11. The highest BCUT2D eigenvalue weighted by Crippen LogP contribution is 2.31. The maximum Gasteiger partial charge on any atom is 0.0398 e. The molecule has 0 aromatic heterocycles.